The molecule has 36 heavy (non-hydrogen) atoms. The van der Waals surface area contributed by atoms with Gasteiger partial charge in [-0.05, 0) is 31.9 Å². The van der Waals surface area contributed by atoms with Crippen LogP contribution in [-0.4, -0.2) is 42.7 Å². The van der Waals surface area contributed by atoms with E-state index in [0.717, 1.165) is 22.3 Å². The largest absolute Gasteiger partial charge is 0.345 e. The Kier molecular flexibility index (Phi) is 7.59. The summed E-state index contributed by atoms with van der Waals surface area (Å²) < 4.78 is 0. The van der Waals surface area contributed by atoms with E-state index in [1.165, 1.54) is 4.90 Å². The van der Waals surface area contributed by atoms with Crippen LogP contribution >= 0.6 is 0 Å². The molecule has 3 aromatic rings. The molecule has 0 bridgehead atoms. The number of para-hydroxylation sites is 1. The molecular formula is C29H30N4O3. The lowest BCUT2D eigenvalue weighted by molar-refractivity contribution is -0.130. The van der Waals surface area contributed by atoms with Crippen LogP contribution in [0.5, 0.6) is 0 Å². The van der Waals surface area contributed by atoms with E-state index < -0.39 is 18.1 Å². The molecule has 0 spiro atoms. The van der Waals surface area contributed by atoms with Crippen molar-refractivity contribution in [2.45, 2.75) is 38.9 Å². The third-order valence-electron chi connectivity index (χ3n) is 6.20. The Labute approximate surface area is 211 Å². The second-order valence-electron chi connectivity index (χ2n) is 8.94. The molecule has 1 aliphatic rings. The highest BCUT2D eigenvalue weighted by molar-refractivity contribution is 6.20. The third kappa shape index (κ3) is 5.68. The summed E-state index contributed by atoms with van der Waals surface area (Å²) in [5.74, 6) is -1.07. The SMILES string of the molecule is Cc1ccc(CCC(=O)N[C@@H](C)C(=O)N[C@H]2N=C(c3ccccc3)c3ccccc3N(C)C2=O)cc1. The summed E-state index contributed by atoms with van der Waals surface area (Å²) in [6, 6.07) is 24.2. The topological polar surface area (TPSA) is 90.9 Å². The van der Waals surface area contributed by atoms with Crippen LogP contribution < -0.4 is 15.5 Å². The van der Waals surface area contributed by atoms with Crippen LogP contribution in [-0.2, 0) is 20.8 Å². The number of rotatable bonds is 7. The number of aryl methyl sites for hydroxylation is 2. The fourth-order valence-electron chi connectivity index (χ4n) is 4.09. The van der Waals surface area contributed by atoms with E-state index in [1.54, 1.807) is 14.0 Å². The van der Waals surface area contributed by atoms with E-state index >= 15 is 0 Å². The minimum atomic E-state index is -1.13. The van der Waals surface area contributed by atoms with Gasteiger partial charge in [-0.3, -0.25) is 14.4 Å². The van der Waals surface area contributed by atoms with Crippen molar-refractivity contribution in [3.8, 4) is 0 Å². The molecule has 2 atom stereocenters. The molecule has 3 amide bonds. The van der Waals surface area contributed by atoms with Crippen molar-refractivity contribution in [3.05, 3.63) is 101 Å². The van der Waals surface area contributed by atoms with E-state index in [1.807, 2.05) is 85.8 Å². The fourth-order valence-corrected chi connectivity index (χ4v) is 4.09. The second kappa shape index (κ2) is 11.0. The van der Waals surface area contributed by atoms with E-state index in [4.69, 9.17) is 0 Å². The van der Waals surface area contributed by atoms with Crippen LogP contribution in [0.4, 0.5) is 5.69 Å². The third-order valence-corrected chi connectivity index (χ3v) is 6.20. The van der Waals surface area contributed by atoms with E-state index in [2.05, 4.69) is 15.6 Å². The molecule has 0 aromatic heterocycles. The first kappa shape index (κ1) is 24.9. The lowest BCUT2D eigenvalue weighted by Gasteiger charge is -2.22. The van der Waals surface area contributed by atoms with Crippen molar-refractivity contribution in [3.63, 3.8) is 0 Å². The summed E-state index contributed by atoms with van der Waals surface area (Å²) in [5.41, 5.74) is 5.18. The lowest BCUT2D eigenvalue weighted by atomic mass is 10.0. The maximum absolute atomic E-state index is 13.3. The molecular weight excluding hydrogens is 452 g/mol. The van der Waals surface area contributed by atoms with Gasteiger partial charge in [-0.25, -0.2) is 4.99 Å². The summed E-state index contributed by atoms with van der Waals surface area (Å²) in [7, 11) is 1.67. The quantitative estimate of drug-likeness (QED) is 0.541. The van der Waals surface area contributed by atoms with E-state index in [9.17, 15) is 14.4 Å². The fraction of sp³-hybridized carbons (Fsp3) is 0.241. The van der Waals surface area contributed by atoms with Crippen LogP contribution in [0.3, 0.4) is 0 Å². The van der Waals surface area contributed by atoms with E-state index in [-0.39, 0.29) is 18.2 Å². The van der Waals surface area contributed by atoms with Crippen molar-refractivity contribution < 1.29 is 14.4 Å². The molecule has 0 aliphatic carbocycles. The number of amides is 3. The molecule has 184 valence electrons. The Hall–Kier alpha value is -4.26. The van der Waals surface area contributed by atoms with Gasteiger partial charge in [0.15, 0.2) is 0 Å². The maximum Gasteiger partial charge on any atom is 0.272 e. The smallest absolute Gasteiger partial charge is 0.272 e. The Bertz CT molecular complexity index is 1290. The van der Waals surface area contributed by atoms with Crippen LogP contribution in [0.25, 0.3) is 0 Å². The van der Waals surface area contributed by atoms with Crippen molar-refractivity contribution >= 4 is 29.1 Å². The number of benzodiazepines with no additional fused rings is 1. The molecule has 7 nitrogen and oxygen atoms in total. The molecule has 0 radical (unpaired) electrons. The predicted octanol–water partition coefficient (Wildman–Crippen LogP) is 3.39. The summed E-state index contributed by atoms with van der Waals surface area (Å²) >= 11 is 0. The Morgan fingerprint density at radius 1 is 0.972 bits per heavy atom. The highest BCUT2D eigenvalue weighted by Crippen LogP contribution is 2.27. The number of carbonyl (C=O) groups is 3. The Morgan fingerprint density at radius 3 is 2.36 bits per heavy atom. The first-order valence-corrected chi connectivity index (χ1v) is 12.0. The molecule has 0 saturated carbocycles. The van der Waals surface area contributed by atoms with Gasteiger partial charge in [0.25, 0.3) is 5.91 Å². The number of nitrogens with zero attached hydrogens (tertiary/aromatic N) is 2. The predicted molar refractivity (Wildman–Crippen MR) is 141 cm³/mol. The van der Waals surface area contributed by atoms with Gasteiger partial charge in [-0.1, -0.05) is 78.4 Å². The van der Waals surface area contributed by atoms with Gasteiger partial charge in [0.2, 0.25) is 18.0 Å². The Morgan fingerprint density at radius 2 is 1.64 bits per heavy atom. The van der Waals surface area contributed by atoms with Crippen LogP contribution in [0.15, 0.2) is 83.9 Å². The summed E-state index contributed by atoms with van der Waals surface area (Å²) in [6.07, 6.45) is -0.288. The molecule has 2 N–H and O–H groups in total. The standard InChI is InChI=1S/C29H30N4O3/c1-19-13-15-21(16-14-19)17-18-25(34)30-20(2)28(35)32-27-29(36)33(3)24-12-8-7-11-23(24)26(31-27)22-9-5-4-6-10-22/h4-16,20,27H,17-18H2,1-3H3,(H,30,34)(H,32,35)/t20-,27+/m0/s1. The first-order chi connectivity index (χ1) is 17.3. The van der Waals surface area contributed by atoms with Gasteiger partial charge in [0.1, 0.15) is 6.04 Å². The average Bonchev–Trinajstić information content (AvgIpc) is 2.99. The van der Waals surface area contributed by atoms with Gasteiger partial charge in [0.05, 0.1) is 11.4 Å². The lowest BCUT2D eigenvalue weighted by Crippen LogP contribution is -2.52. The van der Waals surface area contributed by atoms with Crippen molar-refractivity contribution in [1.82, 2.24) is 10.6 Å². The molecule has 4 rings (SSSR count). The summed E-state index contributed by atoms with van der Waals surface area (Å²) in [6.45, 7) is 3.61. The normalized spacial score (nSPS) is 15.9. The number of aliphatic imine (C=N–C) groups is 1. The van der Waals surface area contributed by atoms with Gasteiger partial charge < -0.3 is 15.5 Å². The number of nitrogens with one attached hydrogen (secondary N) is 2. The number of fused-ring (bicyclic) bond motifs is 1. The number of hydrogen-bond acceptors (Lipinski definition) is 4. The number of anilines is 1. The highest BCUT2D eigenvalue weighted by atomic mass is 16.2. The molecule has 3 aromatic carbocycles. The zero-order chi connectivity index (χ0) is 25.7. The van der Waals surface area contributed by atoms with Crippen molar-refractivity contribution in [1.29, 1.82) is 0 Å². The minimum absolute atomic E-state index is 0.233. The Balaban J connectivity index is 1.48. The summed E-state index contributed by atoms with van der Waals surface area (Å²) in [5, 5.41) is 5.45. The zero-order valence-electron chi connectivity index (χ0n) is 20.7. The summed E-state index contributed by atoms with van der Waals surface area (Å²) in [4.78, 5) is 44.9. The highest BCUT2D eigenvalue weighted by Gasteiger charge is 2.32. The number of carbonyl (C=O) groups excluding carboxylic acids is 3. The first-order valence-electron chi connectivity index (χ1n) is 12.0. The van der Waals surface area contributed by atoms with Gasteiger partial charge in [0, 0.05) is 24.6 Å². The van der Waals surface area contributed by atoms with Crippen molar-refractivity contribution in [2.75, 3.05) is 11.9 Å². The number of likely N-dealkylation sites (N-methyl/N-ethyl adjacent to an activating group) is 1. The molecule has 0 saturated heterocycles. The number of hydrogen-bond donors (Lipinski definition) is 2. The molecule has 1 aliphatic heterocycles. The maximum atomic E-state index is 13.3. The molecule has 0 unspecified atom stereocenters. The molecule has 0 fully saturated rings. The average molecular weight is 483 g/mol. The van der Waals surface area contributed by atoms with Gasteiger partial charge >= 0.3 is 0 Å². The molecule has 7 heteroatoms. The van der Waals surface area contributed by atoms with Crippen molar-refractivity contribution in [2.24, 2.45) is 4.99 Å². The zero-order valence-corrected chi connectivity index (χ0v) is 20.7. The van der Waals surface area contributed by atoms with Gasteiger partial charge in [-0.2, -0.15) is 0 Å². The second-order valence-corrected chi connectivity index (χ2v) is 8.94. The molecule has 1 heterocycles. The minimum Gasteiger partial charge on any atom is -0.345 e. The monoisotopic (exact) mass is 482 g/mol. The van der Waals surface area contributed by atoms with Crippen LogP contribution in [0.2, 0.25) is 0 Å². The van der Waals surface area contributed by atoms with Gasteiger partial charge in [-0.15, -0.1) is 0 Å². The van der Waals surface area contributed by atoms with E-state index in [0.29, 0.717) is 17.8 Å². The van der Waals surface area contributed by atoms with Crippen LogP contribution in [0.1, 0.15) is 35.6 Å². The number of benzene rings is 3. The van der Waals surface area contributed by atoms with Crippen LogP contribution in [0, 0.1) is 6.92 Å².